The highest BCUT2D eigenvalue weighted by molar-refractivity contribution is 5.73. The highest BCUT2D eigenvalue weighted by atomic mass is 19.3. The molecule has 1 rings (SSSR count). The van der Waals surface area contributed by atoms with Gasteiger partial charge in [0.1, 0.15) is 5.75 Å². The first-order valence-electron chi connectivity index (χ1n) is 5.22. The van der Waals surface area contributed by atoms with Crippen molar-refractivity contribution in [3.63, 3.8) is 0 Å². The van der Waals surface area contributed by atoms with Crippen LogP contribution >= 0.6 is 0 Å². The Morgan fingerprint density at radius 3 is 2.35 bits per heavy atom. The monoisotopic (exact) mass is 243 g/mol. The summed E-state index contributed by atoms with van der Waals surface area (Å²) in [6.07, 6.45) is -2.86. The van der Waals surface area contributed by atoms with Crippen LogP contribution in [0.15, 0.2) is 24.3 Å². The lowest BCUT2D eigenvalue weighted by Gasteiger charge is -2.18. The van der Waals surface area contributed by atoms with Crippen LogP contribution in [0, 0.1) is 0 Å². The summed E-state index contributed by atoms with van der Waals surface area (Å²) < 4.78 is 29.8. The van der Waals surface area contributed by atoms with Crippen molar-refractivity contribution in [3.05, 3.63) is 29.8 Å². The van der Waals surface area contributed by atoms with Crippen molar-refractivity contribution >= 4 is 5.91 Å². The van der Waals surface area contributed by atoms with Crippen LogP contribution in [-0.4, -0.2) is 19.4 Å². The lowest BCUT2D eigenvalue weighted by Crippen LogP contribution is -2.27. The minimum atomic E-state index is -2.46. The van der Waals surface area contributed by atoms with Gasteiger partial charge in [0.2, 0.25) is 12.3 Å². The van der Waals surface area contributed by atoms with Crippen LogP contribution in [-0.2, 0) is 4.79 Å². The van der Waals surface area contributed by atoms with Crippen molar-refractivity contribution in [1.29, 1.82) is 0 Å². The van der Waals surface area contributed by atoms with Gasteiger partial charge in [-0.3, -0.25) is 4.79 Å². The van der Waals surface area contributed by atoms with Gasteiger partial charge in [-0.1, -0.05) is 12.1 Å². The van der Waals surface area contributed by atoms with Crippen LogP contribution in [0.3, 0.4) is 0 Å². The van der Waals surface area contributed by atoms with E-state index in [1.165, 1.54) is 14.0 Å². The second-order valence-corrected chi connectivity index (χ2v) is 3.65. The molecule has 0 aliphatic heterocycles. The molecule has 94 valence electrons. The third kappa shape index (κ3) is 4.38. The largest absolute Gasteiger partial charge is 0.497 e. The molecule has 1 aromatic carbocycles. The minimum Gasteiger partial charge on any atom is -0.497 e. The Bertz CT molecular complexity index is 365. The fraction of sp³-hybridized carbons (Fsp3) is 0.417. The summed E-state index contributed by atoms with van der Waals surface area (Å²) in [7, 11) is 1.53. The smallest absolute Gasteiger partial charge is 0.240 e. The van der Waals surface area contributed by atoms with Gasteiger partial charge in [-0.25, -0.2) is 8.78 Å². The summed E-state index contributed by atoms with van der Waals surface area (Å²) in [4.78, 5) is 11.0. The molecule has 3 nitrogen and oxygen atoms in total. The number of halogens is 2. The van der Waals surface area contributed by atoms with E-state index < -0.39 is 18.9 Å². The first kappa shape index (κ1) is 13.4. The Hall–Kier alpha value is -1.65. The molecule has 1 aromatic rings. The molecule has 0 aliphatic carbocycles. The van der Waals surface area contributed by atoms with Crippen molar-refractivity contribution in [1.82, 2.24) is 5.32 Å². The van der Waals surface area contributed by atoms with E-state index in [-0.39, 0.29) is 5.91 Å². The van der Waals surface area contributed by atoms with Crippen molar-refractivity contribution in [2.75, 3.05) is 7.11 Å². The van der Waals surface area contributed by atoms with Gasteiger partial charge in [0.15, 0.2) is 0 Å². The van der Waals surface area contributed by atoms with E-state index >= 15 is 0 Å². The molecule has 0 aromatic heterocycles. The molecule has 0 saturated heterocycles. The third-order valence-electron chi connectivity index (χ3n) is 2.31. The van der Waals surface area contributed by atoms with Crippen molar-refractivity contribution in [3.8, 4) is 5.75 Å². The molecule has 0 bridgehead atoms. The Morgan fingerprint density at radius 1 is 1.35 bits per heavy atom. The van der Waals surface area contributed by atoms with Gasteiger partial charge in [0, 0.05) is 13.3 Å². The average Bonchev–Trinajstić information content (AvgIpc) is 2.27. The predicted octanol–water partition coefficient (Wildman–Crippen LogP) is 2.53. The number of carbonyl (C=O) groups excluding carboxylic acids is 1. The molecule has 1 atom stereocenters. The molecular weight excluding hydrogens is 228 g/mol. The summed E-state index contributed by atoms with van der Waals surface area (Å²) in [5.74, 6) is 0.318. The molecule has 17 heavy (non-hydrogen) atoms. The van der Waals surface area contributed by atoms with E-state index in [1.807, 2.05) is 0 Å². The average molecular weight is 243 g/mol. The Kier molecular flexibility index (Phi) is 4.87. The van der Waals surface area contributed by atoms with Gasteiger partial charge in [-0.05, 0) is 17.7 Å². The van der Waals surface area contributed by atoms with Gasteiger partial charge in [0.25, 0.3) is 0 Å². The molecule has 1 N–H and O–H groups in total. The molecule has 1 unspecified atom stereocenters. The van der Waals surface area contributed by atoms with Crippen molar-refractivity contribution in [2.24, 2.45) is 0 Å². The number of hydrogen-bond donors (Lipinski definition) is 1. The van der Waals surface area contributed by atoms with Crippen molar-refractivity contribution < 1.29 is 18.3 Å². The van der Waals surface area contributed by atoms with E-state index in [4.69, 9.17) is 4.74 Å². The number of nitrogens with one attached hydrogen (secondary N) is 1. The van der Waals surface area contributed by atoms with Crippen LogP contribution in [0.25, 0.3) is 0 Å². The standard InChI is InChI=1S/C12H15F2NO2/c1-8(16)15-11(7-12(13)14)9-3-5-10(17-2)6-4-9/h3-6,11-12H,7H2,1-2H3,(H,15,16). The van der Waals surface area contributed by atoms with Crippen LogP contribution < -0.4 is 10.1 Å². The quantitative estimate of drug-likeness (QED) is 0.863. The molecule has 0 radical (unpaired) electrons. The highest BCUT2D eigenvalue weighted by Crippen LogP contribution is 2.22. The summed E-state index contributed by atoms with van der Waals surface area (Å²) in [5, 5.41) is 2.51. The Balaban J connectivity index is 2.83. The third-order valence-corrected chi connectivity index (χ3v) is 2.31. The number of hydrogen-bond acceptors (Lipinski definition) is 2. The maximum atomic E-state index is 12.4. The van der Waals surface area contributed by atoms with Gasteiger partial charge in [-0.2, -0.15) is 0 Å². The van der Waals surface area contributed by atoms with E-state index in [0.29, 0.717) is 11.3 Å². The molecule has 0 saturated carbocycles. The number of amides is 1. The summed E-state index contributed by atoms with van der Waals surface area (Å²) in [6, 6.07) is 6.02. The molecule has 0 fully saturated rings. The Labute approximate surface area is 98.8 Å². The highest BCUT2D eigenvalue weighted by Gasteiger charge is 2.17. The number of methoxy groups -OCH3 is 1. The van der Waals surface area contributed by atoms with Crippen LogP contribution in [0.1, 0.15) is 24.9 Å². The van der Waals surface area contributed by atoms with Crippen LogP contribution in [0.2, 0.25) is 0 Å². The Morgan fingerprint density at radius 2 is 1.94 bits per heavy atom. The zero-order chi connectivity index (χ0) is 12.8. The van der Waals surface area contributed by atoms with Gasteiger partial charge in [0.05, 0.1) is 13.2 Å². The normalized spacial score (nSPS) is 12.3. The predicted molar refractivity (Wildman–Crippen MR) is 60.2 cm³/mol. The summed E-state index contributed by atoms with van der Waals surface area (Å²) >= 11 is 0. The SMILES string of the molecule is COc1ccc(C(CC(F)F)NC(C)=O)cc1. The number of carbonyl (C=O) groups is 1. The minimum absolute atomic E-state index is 0.327. The second kappa shape index (κ2) is 6.18. The second-order valence-electron chi connectivity index (χ2n) is 3.65. The number of ether oxygens (including phenoxy) is 1. The maximum Gasteiger partial charge on any atom is 0.240 e. The number of rotatable bonds is 5. The van der Waals surface area contributed by atoms with Crippen LogP contribution in [0.4, 0.5) is 8.78 Å². The van der Waals surface area contributed by atoms with E-state index in [0.717, 1.165) is 0 Å². The molecule has 0 aliphatic rings. The number of benzene rings is 1. The molecule has 0 heterocycles. The molecule has 5 heteroatoms. The van der Waals surface area contributed by atoms with E-state index in [2.05, 4.69) is 5.32 Å². The fourth-order valence-electron chi connectivity index (χ4n) is 1.54. The van der Waals surface area contributed by atoms with E-state index in [9.17, 15) is 13.6 Å². The van der Waals surface area contributed by atoms with Crippen LogP contribution in [0.5, 0.6) is 5.75 Å². The van der Waals surface area contributed by atoms with Gasteiger partial charge >= 0.3 is 0 Å². The topological polar surface area (TPSA) is 38.3 Å². The maximum absolute atomic E-state index is 12.4. The summed E-state index contributed by atoms with van der Waals surface area (Å²) in [5.41, 5.74) is 0.640. The fourth-order valence-corrected chi connectivity index (χ4v) is 1.54. The zero-order valence-electron chi connectivity index (χ0n) is 9.74. The molecule has 1 amide bonds. The molecule has 0 spiro atoms. The first-order valence-corrected chi connectivity index (χ1v) is 5.22. The lowest BCUT2D eigenvalue weighted by atomic mass is 10.0. The zero-order valence-corrected chi connectivity index (χ0v) is 9.74. The number of alkyl halides is 2. The van der Waals surface area contributed by atoms with Crippen molar-refractivity contribution in [2.45, 2.75) is 25.8 Å². The molecular formula is C12H15F2NO2. The van der Waals surface area contributed by atoms with E-state index in [1.54, 1.807) is 24.3 Å². The van der Waals surface area contributed by atoms with Gasteiger partial charge < -0.3 is 10.1 Å². The summed E-state index contributed by atoms with van der Waals surface area (Å²) in [6.45, 7) is 1.31. The first-order chi connectivity index (χ1) is 8.02. The van der Waals surface area contributed by atoms with Gasteiger partial charge in [-0.15, -0.1) is 0 Å². The lowest BCUT2D eigenvalue weighted by molar-refractivity contribution is -0.119.